The number of aryl methyl sites for hydroxylation is 1. The molecule has 1 aliphatic rings. The van der Waals surface area contributed by atoms with E-state index < -0.39 is 0 Å². The second-order valence-corrected chi connectivity index (χ2v) is 8.80. The number of piperidine rings is 1. The summed E-state index contributed by atoms with van der Waals surface area (Å²) in [6.45, 7) is 3.79. The van der Waals surface area contributed by atoms with Crippen LogP contribution < -0.4 is 10.2 Å². The quantitative estimate of drug-likeness (QED) is 0.391. The first-order valence-corrected chi connectivity index (χ1v) is 11.2. The third-order valence-electron chi connectivity index (χ3n) is 5.69. The van der Waals surface area contributed by atoms with Crippen LogP contribution >= 0.6 is 23.2 Å². The lowest BCUT2D eigenvalue weighted by atomic mass is 10.0. The van der Waals surface area contributed by atoms with Crippen molar-refractivity contribution >= 4 is 40.5 Å². The Labute approximate surface area is 195 Å². The molecule has 0 spiro atoms. The fourth-order valence-corrected chi connectivity index (χ4v) is 4.58. The molecular formula is C23H21Cl2FN6. The van der Waals surface area contributed by atoms with Gasteiger partial charge in [-0.2, -0.15) is 4.98 Å². The molecule has 0 atom stereocenters. The number of fused-ring (bicyclic) bond motifs is 1. The average molecular weight is 471 g/mol. The van der Waals surface area contributed by atoms with E-state index >= 15 is 0 Å². The smallest absolute Gasteiger partial charge is 0.243 e. The van der Waals surface area contributed by atoms with Crippen molar-refractivity contribution in [1.29, 1.82) is 0 Å². The number of nitrogens with zero attached hydrogens (tertiary/aromatic N) is 5. The number of hydrogen-bond donors (Lipinski definition) is 1. The lowest BCUT2D eigenvalue weighted by Gasteiger charge is -2.33. The van der Waals surface area contributed by atoms with E-state index in [0.717, 1.165) is 48.3 Å². The van der Waals surface area contributed by atoms with E-state index in [1.807, 2.05) is 31.3 Å². The largest absolute Gasteiger partial charge is 0.371 e. The molecule has 32 heavy (non-hydrogen) atoms. The summed E-state index contributed by atoms with van der Waals surface area (Å²) in [5.74, 6) is 0.201. The van der Waals surface area contributed by atoms with Gasteiger partial charge in [-0.3, -0.25) is 0 Å². The third-order valence-corrected chi connectivity index (χ3v) is 6.21. The van der Waals surface area contributed by atoms with Gasteiger partial charge in [0.05, 0.1) is 5.02 Å². The van der Waals surface area contributed by atoms with Gasteiger partial charge in [-0.05, 0) is 61.7 Å². The summed E-state index contributed by atoms with van der Waals surface area (Å²) in [5.41, 5.74) is 4.32. The molecule has 4 aromatic rings. The highest BCUT2D eigenvalue weighted by Gasteiger charge is 2.22. The molecule has 3 aromatic heterocycles. The molecule has 1 fully saturated rings. The van der Waals surface area contributed by atoms with Gasteiger partial charge in [0.25, 0.3) is 0 Å². The Bertz CT molecular complexity index is 1280. The fourth-order valence-electron chi connectivity index (χ4n) is 4.14. The van der Waals surface area contributed by atoms with Crippen LogP contribution in [0.25, 0.3) is 16.8 Å². The lowest BCUT2D eigenvalue weighted by molar-refractivity contribution is 0.524. The predicted octanol–water partition coefficient (Wildman–Crippen LogP) is 5.63. The van der Waals surface area contributed by atoms with Crippen molar-refractivity contribution in [3.8, 4) is 11.1 Å². The van der Waals surface area contributed by atoms with Crippen molar-refractivity contribution in [3.63, 3.8) is 0 Å². The number of halogens is 3. The van der Waals surface area contributed by atoms with Crippen molar-refractivity contribution in [2.75, 3.05) is 23.3 Å². The second kappa shape index (κ2) is 8.56. The lowest BCUT2D eigenvalue weighted by Crippen LogP contribution is -2.39. The van der Waals surface area contributed by atoms with E-state index in [9.17, 15) is 4.39 Å². The van der Waals surface area contributed by atoms with E-state index in [2.05, 4.69) is 20.3 Å². The van der Waals surface area contributed by atoms with Gasteiger partial charge in [-0.15, -0.1) is 5.10 Å². The first-order valence-electron chi connectivity index (χ1n) is 10.4. The molecule has 5 rings (SSSR count). The van der Waals surface area contributed by atoms with Crippen LogP contribution in [0.4, 0.5) is 16.0 Å². The summed E-state index contributed by atoms with van der Waals surface area (Å²) in [5, 5.41) is 8.95. The molecule has 1 N–H and O–H groups in total. The van der Waals surface area contributed by atoms with Gasteiger partial charge in [0.15, 0.2) is 5.65 Å². The van der Waals surface area contributed by atoms with Crippen molar-refractivity contribution in [2.45, 2.75) is 25.8 Å². The highest BCUT2D eigenvalue weighted by atomic mass is 35.5. The zero-order valence-electron chi connectivity index (χ0n) is 17.4. The molecule has 1 aliphatic heterocycles. The van der Waals surface area contributed by atoms with Gasteiger partial charge in [0.1, 0.15) is 11.0 Å². The molecule has 6 nitrogen and oxygen atoms in total. The monoisotopic (exact) mass is 470 g/mol. The fraction of sp³-hybridized carbons (Fsp3) is 0.261. The number of rotatable bonds is 4. The number of nitrogens with one attached hydrogen (secondary N) is 1. The number of benzene rings is 1. The first-order chi connectivity index (χ1) is 15.5. The van der Waals surface area contributed by atoms with Crippen LogP contribution in [0.15, 0.2) is 48.8 Å². The molecule has 0 unspecified atom stereocenters. The highest BCUT2D eigenvalue weighted by Crippen LogP contribution is 2.32. The van der Waals surface area contributed by atoms with Crippen molar-refractivity contribution in [3.05, 3.63) is 70.3 Å². The molecule has 0 radical (unpaired) electrons. The van der Waals surface area contributed by atoms with Crippen LogP contribution in [0.5, 0.6) is 0 Å². The van der Waals surface area contributed by atoms with E-state index in [1.54, 1.807) is 16.8 Å². The molecule has 1 aromatic carbocycles. The summed E-state index contributed by atoms with van der Waals surface area (Å²) in [6.07, 6.45) is 5.55. The maximum atomic E-state index is 13.5. The number of hydrogen-bond acceptors (Lipinski definition) is 5. The first kappa shape index (κ1) is 21.0. The summed E-state index contributed by atoms with van der Waals surface area (Å²) >= 11 is 12.4. The van der Waals surface area contributed by atoms with Crippen LogP contribution in [0.2, 0.25) is 10.2 Å². The Morgan fingerprint density at radius 3 is 2.62 bits per heavy atom. The van der Waals surface area contributed by atoms with Crippen LogP contribution in [0, 0.1) is 12.7 Å². The topological polar surface area (TPSA) is 58.4 Å². The standard InChI is InChI=1S/C23H21Cl2FN6/c1-14-10-19(18-3-2-15(26)11-20(18)24)22-29-23(30-32(22)13-14)28-16-5-8-31(9-6-16)17-4-7-27-21(25)12-17/h2-4,7,10-13,16H,5-6,8-9H2,1H3,(H,28,30). The second-order valence-electron chi connectivity index (χ2n) is 8.00. The Kier molecular flexibility index (Phi) is 5.61. The molecule has 1 saturated heterocycles. The molecule has 0 aliphatic carbocycles. The predicted molar refractivity (Wildman–Crippen MR) is 126 cm³/mol. The van der Waals surface area contributed by atoms with Gasteiger partial charge in [-0.1, -0.05) is 23.2 Å². The Balaban J connectivity index is 1.36. The molecule has 0 amide bonds. The number of anilines is 2. The molecule has 164 valence electrons. The number of pyridine rings is 2. The van der Waals surface area contributed by atoms with Gasteiger partial charge >= 0.3 is 0 Å². The SMILES string of the molecule is Cc1cc(-c2ccc(F)cc2Cl)c2nc(NC3CCN(c4ccnc(Cl)c4)CC3)nn2c1. The van der Waals surface area contributed by atoms with E-state index in [4.69, 9.17) is 28.2 Å². The molecule has 4 heterocycles. The Morgan fingerprint density at radius 2 is 1.88 bits per heavy atom. The van der Waals surface area contributed by atoms with Gasteiger partial charge < -0.3 is 10.2 Å². The summed E-state index contributed by atoms with van der Waals surface area (Å²) in [4.78, 5) is 11.1. The normalized spacial score (nSPS) is 14.8. The van der Waals surface area contributed by atoms with E-state index in [0.29, 0.717) is 21.8 Å². The van der Waals surface area contributed by atoms with Crippen LogP contribution in [0.3, 0.4) is 0 Å². The summed E-state index contributed by atoms with van der Waals surface area (Å²) in [7, 11) is 0. The van der Waals surface area contributed by atoms with Gasteiger partial charge in [-0.25, -0.2) is 13.9 Å². The summed E-state index contributed by atoms with van der Waals surface area (Å²) < 4.78 is 15.3. The Morgan fingerprint density at radius 1 is 1.06 bits per heavy atom. The third kappa shape index (κ3) is 4.23. The molecule has 0 bridgehead atoms. The minimum atomic E-state index is -0.369. The molecule has 0 saturated carbocycles. The van der Waals surface area contributed by atoms with Crippen LogP contribution in [-0.2, 0) is 0 Å². The zero-order valence-corrected chi connectivity index (χ0v) is 18.9. The Hall–Kier alpha value is -2.90. The van der Waals surface area contributed by atoms with Crippen LogP contribution in [0.1, 0.15) is 18.4 Å². The van der Waals surface area contributed by atoms with E-state index in [1.165, 1.54) is 12.1 Å². The summed E-state index contributed by atoms with van der Waals surface area (Å²) in [6, 6.07) is 10.5. The molecular weight excluding hydrogens is 450 g/mol. The van der Waals surface area contributed by atoms with Crippen molar-refractivity contribution in [1.82, 2.24) is 19.6 Å². The maximum absolute atomic E-state index is 13.5. The van der Waals surface area contributed by atoms with Crippen molar-refractivity contribution < 1.29 is 4.39 Å². The minimum absolute atomic E-state index is 0.264. The minimum Gasteiger partial charge on any atom is -0.371 e. The van der Waals surface area contributed by atoms with Crippen molar-refractivity contribution in [2.24, 2.45) is 0 Å². The van der Waals surface area contributed by atoms with Crippen LogP contribution in [-0.4, -0.2) is 38.7 Å². The van der Waals surface area contributed by atoms with Gasteiger partial charge in [0.2, 0.25) is 5.95 Å². The molecule has 9 heteroatoms. The number of aromatic nitrogens is 4. The van der Waals surface area contributed by atoms with E-state index in [-0.39, 0.29) is 11.9 Å². The van der Waals surface area contributed by atoms with Gasteiger partial charge in [0, 0.05) is 48.3 Å². The maximum Gasteiger partial charge on any atom is 0.243 e. The zero-order chi connectivity index (χ0) is 22.2. The average Bonchev–Trinajstić information content (AvgIpc) is 3.16. The highest BCUT2D eigenvalue weighted by molar-refractivity contribution is 6.33.